The van der Waals surface area contributed by atoms with E-state index < -0.39 is 0 Å². The molecule has 0 bridgehead atoms. The Morgan fingerprint density at radius 3 is 2.76 bits per heavy atom. The van der Waals surface area contributed by atoms with Gasteiger partial charge in [-0.25, -0.2) is 9.97 Å². The van der Waals surface area contributed by atoms with Crippen LogP contribution in [0.4, 0.5) is 0 Å². The lowest BCUT2D eigenvalue weighted by atomic mass is 9.86. The quantitative estimate of drug-likeness (QED) is 0.326. The van der Waals surface area contributed by atoms with E-state index >= 15 is 0 Å². The molecule has 0 spiro atoms. The third-order valence-corrected chi connectivity index (χ3v) is 6.07. The molecule has 1 aromatic heterocycles. The Labute approximate surface area is 196 Å². The van der Waals surface area contributed by atoms with Crippen molar-refractivity contribution in [1.29, 1.82) is 0 Å². The van der Waals surface area contributed by atoms with Crippen LogP contribution in [0.25, 0.3) is 0 Å². The number of hydrogen-bond donors (Lipinski definition) is 3. The lowest BCUT2D eigenvalue weighted by molar-refractivity contribution is 0.243. The van der Waals surface area contributed by atoms with Gasteiger partial charge in [0.25, 0.3) is 0 Å². The maximum atomic E-state index is 10.5. The summed E-state index contributed by atoms with van der Waals surface area (Å²) in [7, 11) is 0. The van der Waals surface area contributed by atoms with Gasteiger partial charge in [0.1, 0.15) is 17.8 Å². The zero-order valence-corrected chi connectivity index (χ0v) is 18.2. The Hall–Kier alpha value is -3.38. The summed E-state index contributed by atoms with van der Waals surface area (Å²) in [5.74, 6) is 0.377. The van der Waals surface area contributed by atoms with Gasteiger partial charge in [-0.2, -0.15) is 0 Å². The van der Waals surface area contributed by atoms with Crippen molar-refractivity contribution in [3.8, 4) is 11.5 Å². The van der Waals surface area contributed by atoms with Crippen molar-refractivity contribution in [3.63, 3.8) is 0 Å². The molecule has 1 aliphatic rings. The molecular weight excluding hydrogens is 412 g/mol. The van der Waals surface area contributed by atoms with Gasteiger partial charge >= 0.3 is 0 Å². The summed E-state index contributed by atoms with van der Waals surface area (Å²) in [5, 5.41) is 23.6. The van der Waals surface area contributed by atoms with E-state index in [4.69, 9.17) is 0 Å². The fourth-order valence-electron chi connectivity index (χ4n) is 4.41. The first-order chi connectivity index (χ1) is 15.6. The van der Waals surface area contributed by atoms with Crippen molar-refractivity contribution >= 4 is 0 Å². The van der Waals surface area contributed by atoms with Crippen LogP contribution in [0.1, 0.15) is 54.1 Å². The van der Waals surface area contributed by atoms with Crippen LogP contribution in [0.2, 0.25) is 0 Å². The van der Waals surface area contributed by atoms with Gasteiger partial charge < -0.3 is 15.5 Å². The molecule has 0 saturated carbocycles. The van der Waals surface area contributed by atoms with Crippen molar-refractivity contribution in [2.45, 2.75) is 45.7 Å². The predicted molar refractivity (Wildman–Crippen MR) is 132 cm³/mol. The average Bonchev–Trinajstić information content (AvgIpc) is 2.82. The standard InChI is InChI=1S/C26H30N4O2.CH4/c1-2-27-12-3-4-23(24-14-22(31)9-10-26(24)32)20-7-5-19(6-8-20)16-30-13-11-25-21(17-30)15-28-18-29-25;/h2,5-10,14-15,18,23,27,31-32H,1,3-4,11-13,16-17H2;1H4. The zero-order chi connectivity index (χ0) is 22.3. The van der Waals surface area contributed by atoms with Crippen LogP contribution < -0.4 is 5.32 Å². The molecule has 0 amide bonds. The second kappa shape index (κ2) is 11.5. The van der Waals surface area contributed by atoms with Gasteiger partial charge in [0.2, 0.25) is 0 Å². The minimum absolute atomic E-state index is 0. The molecule has 33 heavy (non-hydrogen) atoms. The van der Waals surface area contributed by atoms with E-state index in [1.807, 2.05) is 6.20 Å². The highest BCUT2D eigenvalue weighted by atomic mass is 16.3. The van der Waals surface area contributed by atoms with Crippen LogP contribution in [0.3, 0.4) is 0 Å². The number of rotatable bonds is 9. The number of aromatic hydroxyl groups is 2. The topological polar surface area (TPSA) is 81.5 Å². The molecule has 2 heterocycles. The predicted octanol–water partition coefficient (Wildman–Crippen LogP) is 4.73. The van der Waals surface area contributed by atoms with Gasteiger partial charge in [0, 0.05) is 61.5 Å². The second-order valence-electron chi connectivity index (χ2n) is 8.29. The highest BCUT2D eigenvalue weighted by Crippen LogP contribution is 2.37. The van der Waals surface area contributed by atoms with Crippen molar-refractivity contribution in [2.75, 3.05) is 13.1 Å². The maximum absolute atomic E-state index is 10.5. The number of nitrogens with zero attached hydrogens (tertiary/aromatic N) is 3. The van der Waals surface area contributed by atoms with Gasteiger partial charge in [-0.3, -0.25) is 4.90 Å². The molecule has 6 heteroatoms. The Bertz CT molecular complexity index is 1050. The SMILES string of the molecule is C.C=CNCCCC(c1ccc(CN2CCc3ncncc3C2)cc1)c1cc(O)ccc1O. The fraction of sp³-hybridized carbons (Fsp3) is 0.333. The van der Waals surface area contributed by atoms with E-state index in [-0.39, 0.29) is 24.8 Å². The van der Waals surface area contributed by atoms with Crippen LogP contribution >= 0.6 is 0 Å². The Balaban J connectivity index is 0.00000306. The molecule has 1 atom stereocenters. The number of nitrogens with one attached hydrogen (secondary N) is 1. The lowest BCUT2D eigenvalue weighted by Gasteiger charge is -2.28. The molecule has 0 saturated heterocycles. The van der Waals surface area contributed by atoms with Gasteiger partial charge in [0.15, 0.2) is 0 Å². The van der Waals surface area contributed by atoms with Crippen LogP contribution in [0, 0.1) is 0 Å². The first-order valence-corrected chi connectivity index (χ1v) is 11.1. The van der Waals surface area contributed by atoms with Crippen molar-refractivity contribution in [1.82, 2.24) is 20.2 Å². The summed E-state index contributed by atoms with van der Waals surface area (Å²) in [6.07, 6.45) is 7.96. The molecule has 0 fully saturated rings. The lowest BCUT2D eigenvalue weighted by Crippen LogP contribution is -2.30. The van der Waals surface area contributed by atoms with E-state index in [9.17, 15) is 10.2 Å². The average molecular weight is 447 g/mol. The normalized spacial score (nSPS) is 14.1. The summed E-state index contributed by atoms with van der Waals surface area (Å²) in [6, 6.07) is 13.4. The Morgan fingerprint density at radius 2 is 1.97 bits per heavy atom. The maximum Gasteiger partial charge on any atom is 0.119 e. The number of phenols is 2. The Morgan fingerprint density at radius 1 is 1.15 bits per heavy atom. The van der Waals surface area contributed by atoms with Crippen LogP contribution in [-0.4, -0.2) is 38.2 Å². The third kappa shape index (κ3) is 6.11. The van der Waals surface area contributed by atoms with E-state index in [1.54, 1.807) is 24.7 Å². The summed E-state index contributed by atoms with van der Waals surface area (Å²) < 4.78 is 0. The molecule has 4 rings (SSSR count). The van der Waals surface area contributed by atoms with E-state index in [0.29, 0.717) is 0 Å². The highest BCUT2D eigenvalue weighted by Gasteiger charge is 2.20. The smallest absolute Gasteiger partial charge is 0.119 e. The summed E-state index contributed by atoms with van der Waals surface area (Å²) in [4.78, 5) is 11.0. The minimum Gasteiger partial charge on any atom is -0.508 e. The molecule has 1 unspecified atom stereocenters. The molecule has 0 radical (unpaired) electrons. The first kappa shape index (κ1) is 24.3. The first-order valence-electron chi connectivity index (χ1n) is 11.1. The van der Waals surface area contributed by atoms with Crippen LogP contribution in [0.5, 0.6) is 11.5 Å². The van der Waals surface area contributed by atoms with Gasteiger partial charge in [-0.15, -0.1) is 0 Å². The van der Waals surface area contributed by atoms with Gasteiger partial charge in [0.05, 0.1) is 0 Å². The molecular formula is C27H34N4O2. The number of phenolic OH excluding ortho intramolecular Hbond substituents is 2. The molecule has 3 aromatic rings. The minimum atomic E-state index is 0. The van der Waals surface area contributed by atoms with E-state index in [0.717, 1.165) is 62.3 Å². The molecule has 0 aliphatic carbocycles. The summed E-state index contributed by atoms with van der Waals surface area (Å²) in [6.45, 7) is 7.24. The van der Waals surface area contributed by atoms with Crippen LogP contribution in [-0.2, 0) is 19.5 Å². The van der Waals surface area contributed by atoms with Gasteiger partial charge in [-0.05, 0) is 48.4 Å². The van der Waals surface area contributed by atoms with Crippen molar-refractivity contribution in [3.05, 3.63) is 95.7 Å². The molecule has 3 N–H and O–H groups in total. The summed E-state index contributed by atoms with van der Waals surface area (Å²) >= 11 is 0. The Kier molecular flexibility index (Phi) is 8.44. The molecule has 174 valence electrons. The summed E-state index contributed by atoms with van der Waals surface area (Å²) in [5.41, 5.74) is 5.50. The largest absolute Gasteiger partial charge is 0.508 e. The zero-order valence-electron chi connectivity index (χ0n) is 18.2. The third-order valence-electron chi connectivity index (χ3n) is 6.07. The van der Waals surface area contributed by atoms with E-state index in [1.165, 1.54) is 17.2 Å². The van der Waals surface area contributed by atoms with Gasteiger partial charge in [-0.1, -0.05) is 38.3 Å². The van der Waals surface area contributed by atoms with Crippen molar-refractivity contribution < 1.29 is 10.2 Å². The number of benzene rings is 2. The number of aromatic nitrogens is 2. The highest BCUT2D eigenvalue weighted by molar-refractivity contribution is 5.45. The van der Waals surface area contributed by atoms with E-state index in [2.05, 4.69) is 51.0 Å². The second-order valence-corrected chi connectivity index (χ2v) is 8.29. The molecule has 2 aromatic carbocycles. The number of hydrogen-bond acceptors (Lipinski definition) is 6. The fourth-order valence-corrected chi connectivity index (χ4v) is 4.41. The number of fused-ring (bicyclic) bond motifs is 1. The molecule has 6 nitrogen and oxygen atoms in total. The van der Waals surface area contributed by atoms with Crippen LogP contribution in [0.15, 0.2) is 67.8 Å². The molecule has 1 aliphatic heterocycles. The van der Waals surface area contributed by atoms with Crippen molar-refractivity contribution in [2.24, 2.45) is 0 Å². The monoisotopic (exact) mass is 446 g/mol.